The van der Waals surface area contributed by atoms with Gasteiger partial charge in [-0.2, -0.15) is 0 Å². The van der Waals surface area contributed by atoms with E-state index in [1.807, 2.05) is 30.3 Å². The van der Waals surface area contributed by atoms with E-state index in [1.165, 1.54) is 19.3 Å². The van der Waals surface area contributed by atoms with E-state index in [4.69, 9.17) is 5.11 Å². The molecule has 0 aromatic heterocycles. The predicted molar refractivity (Wildman–Crippen MR) is 72.3 cm³/mol. The van der Waals surface area contributed by atoms with Gasteiger partial charge in [-0.25, -0.2) is 0 Å². The summed E-state index contributed by atoms with van der Waals surface area (Å²) >= 11 is 0. The summed E-state index contributed by atoms with van der Waals surface area (Å²) in [5, 5.41) is 19.2. The second-order valence-corrected chi connectivity index (χ2v) is 5.06. The van der Waals surface area contributed by atoms with Crippen molar-refractivity contribution in [2.24, 2.45) is 0 Å². The fourth-order valence-electron chi connectivity index (χ4n) is 2.49. The highest BCUT2D eigenvalue weighted by molar-refractivity contribution is 5.17. The highest BCUT2D eigenvalue weighted by atomic mass is 16.3. The molecule has 3 heteroatoms. The first-order valence-corrected chi connectivity index (χ1v) is 6.89. The summed E-state index contributed by atoms with van der Waals surface area (Å²) in [6, 6.07) is 10.4. The number of rotatable bonds is 7. The highest BCUT2D eigenvalue weighted by Crippen LogP contribution is 2.26. The second-order valence-electron chi connectivity index (χ2n) is 5.06. The summed E-state index contributed by atoms with van der Waals surface area (Å²) in [5.41, 5.74) is 0.982. The Kier molecular flexibility index (Phi) is 5.17. The van der Waals surface area contributed by atoms with E-state index in [0.717, 1.165) is 25.1 Å². The van der Waals surface area contributed by atoms with Gasteiger partial charge in [0, 0.05) is 19.1 Å². The molecule has 1 unspecified atom stereocenters. The minimum absolute atomic E-state index is 0.206. The first-order chi connectivity index (χ1) is 8.81. The molecular formula is C15H23NO2. The standard InChI is InChI=1S/C15H23NO2/c17-12-11-16(14-7-4-8-14)10-9-15(18)13-5-2-1-3-6-13/h1-3,5-6,14-15,17-18H,4,7-12H2. The van der Waals surface area contributed by atoms with Gasteiger partial charge in [-0.3, -0.25) is 4.90 Å². The van der Waals surface area contributed by atoms with Crippen LogP contribution in [-0.4, -0.2) is 40.9 Å². The molecule has 2 rings (SSSR count). The van der Waals surface area contributed by atoms with E-state index in [1.54, 1.807) is 0 Å². The van der Waals surface area contributed by atoms with Crippen LogP contribution in [0.4, 0.5) is 0 Å². The zero-order valence-electron chi connectivity index (χ0n) is 10.8. The van der Waals surface area contributed by atoms with Gasteiger partial charge in [-0.15, -0.1) is 0 Å². The lowest BCUT2D eigenvalue weighted by molar-refractivity contribution is 0.0765. The van der Waals surface area contributed by atoms with E-state index < -0.39 is 6.10 Å². The van der Waals surface area contributed by atoms with Crippen LogP contribution < -0.4 is 0 Å². The lowest BCUT2D eigenvalue weighted by Gasteiger charge is -2.37. The maximum absolute atomic E-state index is 10.1. The monoisotopic (exact) mass is 249 g/mol. The third kappa shape index (κ3) is 3.55. The maximum atomic E-state index is 10.1. The zero-order valence-corrected chi connectivity index (χ0v) is 10.8. The maximum Gasteiger partial charge on any atom is 0.0802 e. The number of aliphatic hydroxyl groups is 2. The Morgan fingerprint density at radius 3 is 2.44 bits per heavy atom. The molecule has 1 fully saturated rings. The van der Waals surface area contributed by atoms with Crippen LogP contribution in [0.3, 0.4) is 0 Å². The number of hydrogen-bond acceptors (Lipinski definition) is 3. The first-order valence-electron chi connectivity index (χ1n) is 6.89. The zero-order chi connectivity index (χ0) is 12.8. The summed E-state index contributed by atoms with van der Waals surface area (Å²) in [6.07, 6.45) is 4.12. The van der Waals surface area contributed by atoms with Crippen molar-refractivity contribution in [1.82, 2.24) is 4.90 Å². The largest absolute Gasteiger partial charge is 0.395 e. The van der Waals surface area contributed by atoms with E-state index in [2.05, 4.69) is 4.90 Å². The molecule has 1 aliphatic carbocycles. The average molecular weight is 249 g/mol. The van der Waals surface area contributed by atoms with Gasteiger partial charge in [0.15, 0.2) is 0 Å². The van der Waals surface area contributed by atoms with E-state index in [0.29, 0.717) is 6.04 Å². The minimum Gasteiger partial charge on any atom is -0.395 e. The van der Waals surface area contributed by atoms with E-state index in [-0.39, 0.29) is 6.61 Å². The number of hydrogen-bond donors (Lipinski definition) is 2. The van der Waals surface area contributed by atoms with Gasteiger partial charge in [0.05, 0.1) is 12.7 Å². The number of benzene rings is 1. The van der Waals surface area contributed by atoms with Crippen molar-refractivity contribution in [2.75, 3.05) is 19.7 Å². The number of aliphatic hydroxyl groups excluding tert-OH is 2. The molecule has 1 aromatic rings. The van der Waals surface area contributed by atoms with Crippen molar-refractivity contribution >= 4 is 0 Å². The number of nitrogens with zero attached hydrogens (tertiary/aromatic N) is 1. The molecule has 100 valence electrons. The Morgan fingerprint density at radius 1 is 1.17 bits per heavy atom. The van der Waals surface area contributed by atoms with Crippen LogP contribution in [0.1, 0.15) is 37.4 Å². The molecule has 18 heavy (non-hydrogen) atoms. The average Bonchev–Trinajstić information content (AvgIpc) is 2.35. The Balaban J connectivity index is 1.81. The summed E-state index contributed by atoms with van der Waals surface area (Å²) in [6.45, 7) is 1.80. The molecular weight excluding hydrogens is 226 g/mol. The molecule has 1 saturated carbocycles. The van der Waals surface area contributed by atoms with Crippen molar-refractivity contribution in [3.63, 3.8) is 0 Å². The van der Waals surface area contributed by atoms with Crippen LogP contribution in [0.2, 0.25) is 0 Å². The van der Waals surface area contributed by atoms with Crippen LogP contribution in [-0.2, 0) is 0 Å². The summed E-state index contributed by atoms with van der Waals surface area (Å²) in [5.74, 6) is 0. The summed E-state index contributed by atoms with van der Waals surface area (Å²) in [7, 11) is 0. The smallest absolute Gasteiger partial charge is 0.0802 e. The molecule has 0 saturated heterocycles. The quantitative estimate of drug-likeness (QED) is 0.776. The third-order valence-corrected chi connectivity index (χ3v) is 3.85. The fraction of sp³-hybridized carbons (Fsp3) is 0.600. The molecule has 0 aliphatic heterocycles. The van der Waals surface area contributed by atoms with Crippen molar-refractivity contribution in [3.05, 3.63) is 35.9 Å². The molecule has 0 bridgehead atoms. The summed E-state index contributed by atoms with van der Waals surface area (Å²) in [4.78, 5) is 2.32. The predicted octanol–water partition coefficient (Wildman–Crippen LogP) is 1.96. The third-order valence-electron chi connectivity index (χ3n) is 3.85. The van der Waals surface area contributed by atoms with Crippen molar-refractivity contribution < 1.29 is 10.2 Å². The molecule has 0 heterocycles. The van der Waals surface area contributed by atoms with Gasteiger partial charge in [0.25, 0.3) is 0 Å². The van der Waals surface area contributed by atoms with Crippen LogP contribution in [0, 0.1) is 0 Å². The molecule has 0 radical (unpaired) electrons. The second kappa shape index (κ2) is 6.88. The van der Waals surface area contributed by atoms with Crippen molar-refractivity contribution in [1.29, 1.82) is 0 Å². The van der Waals surface area contributed by atoms with Crippen LogP contribution in [0.15, 0.2) is 30.3 Å². The molecule has 2 N–H and O–H groups in total. The lowest BCUT2D eigenvalue weighted by atomic mass is 9.91. The highest BCUT2D eigenvalue weighted by Gasteiger charge is 2.24. The van der Waals surface area contributed by atoms with Crippen LogP contribution in [0.5, 0.6) is 0 Å². The Labute approximate surface area is 109 Å². The van der Waals surface area contributed by atoms with Gasteiger partial charge in [-0.1, -0.05) is 36.8 Å². The van der Waals surface area contributed by atoms with E-state index >= 15 is 0 Å². The Bertz CT molecular complexity index is 338. The molecule has 3 nitrogen and oxygen atoms in total. The SMILES string of the molecule is OCCN(CCC(O)c1ccccc1)C1CCC1. The van der Waals surface area contributed by atoms with Gasteiger partial charge in [-0.05, 0) is 24.8 Å². The van der Waals surface area contributed by atoms with Gasteiger partial charge < -0.3 is 10.2 Å². The topological polar surface area (TPSA) is 43.7 Å². The molecule has 1 aromatic carbocycles. The molecule has 0 spiro atoms. The van der Waals surface area contributed by atoms with Crippen molar-refractivity contribution in [2.45, 2.75) is 37.8 Å². The Hall–Kier alpha value is -0.900. The molecule has 1 aliphatic rings. The van der Waals surface area contributed by atoms with E-state index in [9.17, 15) is 5.11 Å². The molecule has 1 atom stereocenters. The van der Waals surface area contributed by atoms with Gasteiger partial charge in [0.1, 0.15) is 0 Å². The normalized spacial score (nSPS) is 17.7. The van der Waals surface area contributed by atoms with Gasteiger partial charge >= 0.3 is 0 Å². The first kappa shape index (κ1) is 13.5. The van der Waals surface area contributed by atoms with Crippen LogP contribution in [0.25, 0.3) is 0 Å². The van der Waals surface area contributed by atoms with Crippen molar-refractivity contribution in [3.8, 4) is 0 Å². The van der Waals surface area contributed by atoms with Gasteiger partial charge in [0.2, 0.25) is 0 Å². The minimum atomic E-state index is -0.396. The fourth-order valence-corrected chi connectivity index (χ4v) is 2.49. The van der Waals surface area contributed by atoms with Crippen LogP contribution >= 0.6 is 0 Å². The summed E-state index contributed by atoms with van der Waals surface area (Å²) < 4.78 is 0. The lowest BCUT2D eigenvalue weighted by Crippen LogP contribution is -2.42. The Morgan fingerprint density at radius 2 is 1.89 bits per heavy atom. The molecule has 0 amide bonds.